The van der Waals surface area contributed by atoms with Crippen LogP contribution in [0.5, 0.6) is 0 Å². The van der Waals surface area contributed by atoms with Gasteiger partial charge in [-0.1, -0.05) is 6.07 Å². The Labute approximate surface area is 141 Å². The predicted molar refractivity (Wildman–Crippen MR) is 92.0 cm³/mol. The van der Waals surface area contributed by atoms with E-state index in [4.69, 9.17) is 0 Å². The van der Waals surface area contributed by atoms with Crippen LogP contribution in [0, 0.1) is 0 Å². The van der Waals surface area contributed by atoms with Gasteiger partial charge < -0.3 is 9.80 Å². The van der Waals surface area contributed by atoms with Crippen LogP contribution in [0.15, 0.2) is 36.8 Å². The molecule has 24 heavy (non-hydrogen) atoms. The summed E-state index contributed by atoms with van der Waals surface area (Å²) in [6.07, 6.45) is 6.52. The van der Waals surface area contributed by atoms with Gasteiger partial charge >= 0.3 is 0 Å². The normalized spacial score (nSPS) is 25.0. The third-order valence-electron chi connectivity index (χ3n) is 5.24. The molecule has 2 fully saturated rings. The number of aryl methyl sites for hydroxylation is 1. The van der Waals surface area contributed by atoms with Crippen molar-refractivity contribution >= 4 is 17.4 Å². The maximum absolute atomic E-state index is 12.5. The first-order valence-corrected chi connectivity index (χ1v) is 8.24. The topological polar surface area (TPSA) is 57.5 Å². The number of pyridine rings is 1. The van der Waals surface area contributed by atoms with Crippen LogP contribution in [-0.2, 0) is 11.8 Å². The van der Waals surface area contributed by atoms with E-state index in [-0.39, 0.29) is 11.4 Å². The minimum Gasteiger partial charge on any atom is -0.355 e. The van der Waals surface area contributed by atoms with Gasteiger partial charge in [0.05, 0.1) is 24.0 Å². The van der Waals surface area contributed by atoms with Gasteiger partial charge in [0.1, 0.15) is 5.82 Å². The van der Waals surface area contributed by atoms with Crippen LogP contribution in [0.1, 0.15) is 6.42 Å². The highest BCUT2D eigenvalue weighted by Crippen LogP contribution is 2.34. The first-order valence-electron chi connectivity index (χ1n) is 8.24. The maximum Gasteiger partial charge on any atom is 0.241 e. The summed E-state index contributed by atoms with van der Waals surface area (Å²) in [5.41, 5.74) is 0.840. The second kappa shape index (κ2) is 5.59. The Morgan fingerprint density at radius 2 is 2.08 bits per heavy atom. The third kappa shape index (κ3) is 2.45. The lowest BCUT2D eigenvalue weighted by atomic mass is 9.93. The summed E-state index contributed by atoms with van der Waals surface area (Å²) in [5.74, 6) is 1.14. The van der Waals surface area contributed by atoms with Crippen LogP contribution in [0.2, 0.25) is 0 Å². The van der Waals surface area contributed by atoms with Crippen molar-refractivity contribution < 1.29 is 4.79 Å². The van der Waals surface area contributed by atoms with Crippen LogP contribution < -0.4 is 9.80 Å². The lowest BCUT2D eigenvalue weighted by molar-refractivity contribution is -0.123. The highest BCUT2D eigenvalue weighted by molar-refractivity contribution is 5.95. The molecule has 1 unspecified atom stereocenters. The SMILES string of the molecule is CN1CC(=O)N(c2cnn(C)c2)CC12CCN(c1ccccn1)C2. The van der Waals surface area contributed by atoms with Crippen LogP contribution in [0.25, 0.3) is 0 Å². The molecule has 4 heterocycles. The molecule has 0 radical (unpaired) electrons. The van der Waals surface area contributed by atoms with E-state index in [1.54, 1.807) is 10.9 Å². The van der Waals surface area contributed by atoms with Crippen molar-refractivity contribution in [2.24, 2.45) is 7.05 Å². The highest BCUT2D eigenvalue weighted by atomic mass is 16.2. The van der Waals surface area contributed by atoms with Crippen molar-refractivity contribution in [3.63, 3.8) is 0 Å². The van der Waals surface area contributed by atoms with Crippen LogP contribution in [0.4, 0.5) is 11.5 Å². The number of likely N-dealkylation sites (N-methyl/N-ethyl adjacent to an activating group) is 1. The number of piperazine rings is 1. The van der Waals surface area contributed by atoms with Crippen molar-refractivity contribution in [2.45, 2.75) is 12.0 Å². The van der Waals surface area contributed by atoms with Gasteiger partial charge in [0, 0.05) is 39.1 Å². The minimum absolute atomic E-state index is 0.0404. The molecular weight excluding hydrogens is 304 g/mol. The molecule has 7 heteroatoms. The molecule has 2 aliphatic rings. The van der Waals surface area contributed by atoms with E-state index in [0.717, 1.165) is 31.0 Å². The average molecular weight is 326 g/mol. The number of hydrogen-bond donors (Lipinski definition) is 0. The Hall–Kier alpha value is -2.41. The predicted octanol–water partition coefficient (Wildman–Crippen LogP) is 0.743. The first kappa shape index (κ1) is 15.1. The Kier molecular flexibility index (Phi) is 3.53. The van der Waals surface area contributed by atoms with Crippen molar-refractivity contribution in [3.05, 3.63) is 36.8 Å². The van der Waals surface area contributed by atoms with E-state index in [0.29, 0.717) is 13.1 Å². The Morgan fingerprint density at radius 1 is 1.21 bits per heavy atom. The number of hydrogen-bond acceptors (Lipinski definition) is 5. The fourth-order valence-electron chi connectivity index (χ4n) is 3.78. The Balaban J connectivity index is 1.59. The van der Waals surface area contributed by atoms with Gasteiger partial charge in [-0.25, -0.2) is 4.98 Å². The monoisotopic (exact) mass is 326 g/mol. The lowest BCUT2D eigenvalue weighted by Gasteiger charge is -2.46. The van der Waals surface area contributed by atoms with Crippen molar-refractivity contribution in [2.75, 3.05) is 43.0 Å². The largest absolute Gasteiger partial charge is 0.355 e. The molecule has 0 aliphatic carbocycles. The molecule has 0 aromatic carbocycles. The number of nitrogens with zero attached hydrogens (tertiary/aromatic N) is 6. The van der Waals surface area contributed by atoms with Crippen molar-refractivity contribution in [3.8, 4) is 0 Å². The second-order valence-corrected chi connectivity index (χ2v) is 6.79. The summed E-state index contributed by atoms with van der Waals surface area (Å²) in [5, 5.41) is 4.21. The van der Waals surface area contributed by atoms with E-state index in [9.17, 15) is 4.79 Å². The van der Waals surface area contributed by atoms with Gasteiger partial charge in [-0.15, -0.1) is 0 Å². The van der Waals surface area contributed by atoms with Crippen LogP contribution >= 0.6 is 0 Å². The number of rotatable bonds is 2. The van der Waals surface area contributed by atoms with Gasteiger partial charge in [-0.3, -0.25) is 14.4 Å². The number of carbonyl (C=O) groups excluding carboxylic acids is 1. The summed E-state index contributed by atoms with van der Waals surface area (Å²) < 4.78 is 1.74. The van der Waals surface area contributed by atoms with Gasteiger partial charge in [0.15, 0.2) is 0 Å². The molecule has 4 rings (SSSR count). The summed E-state index contributed by atoms with van der Waals surface area (Å²) in [6, 6.07) is 6.00. The standard InChI is InChI=1S/C17H22N6O/c1-20-11-16(24)23(14-9-19-21(2)10-14)13-17(20)6-8-22(12-17)15-5-3-4-7-18-15/h3-5,7,9-10H,6,8,11-13H2,1-2H3. The molecule has 2 saturated heterocycles. The van der Waals surface area contributed by atoms with Crippen LogP contribution in [-0.4, -0.2) is 64.3 Å². The van der Waals surface area contributed by atoms with Crippen LogP contribution in [0.3, 0.4) is 0 Å². The zero-order chi connectivity index (χ0) is 16.7. The fourth-order valence-corrected chi connectivity index (χ4v) is 3.78. The molecule has 1 atom stereocenters. The van der Waals surface area contributed by atoms with Gasteiger partial charge in [-0.2, -0.15) is 5.10 Å². The Bertz CT molecular complexity index is 745. The number of anilines is 2. The van der Waals surface area contributed by atoms with Gasteiger partial charge in [0.25, 0.3) is 0 Å². The van der Waals surface area contributed by atoms with E-state index in [1.807, 2.05) is 42.5 Å². The molecule has 1 amide bonds. The summed E-state index contributed by atoms with van der Waals surface area (Å²) in [4.78, 5) is 23.4. The molecule has 126 valence electrons. The second-order valence-electron chi connectivity index (χ2n) is 6.79. The fraction of sp³-hybridized carbons (Fsp3) is 0.471. The summed E-state index contributed by atoms with van der Waals surface area (Å²) in [7, 11) is 3.93. The van der Waals surface area contributed by atoms with Gasteiger partial charge in [0.2, 0.25) is 5.91 Å². The quantitative estimate of drug-likeness (QED) is 0.815. The third-order valence-corrected chi connectivity index (χ3v) is 5.24. The molecule has 0 saturated carbocycles. The number of amides is 1. The molecular formula is C17H22N6O. The molecule has 7 nitrogen and oxygen atoms in total. The number of aromatic nitrogens is 3. The lowest BCUT2D eigenvalue weighted by Crippen LogP contribution is -2.64. The minimum atomic E-state index is -0.0404. The van der Waals surface area contributed by atoms with E-state index in [1.165, 1.54) is 0 Å². The van der Waals surface area contributed by atoms with Crippen molar-refractivity contribution in [1.82, 2.24) is 19.7 Å². The van der Waals surface area contributed by atoms with E-state index in [2.05, 4.69) is 26.9 Å². The first-order chi connectivity index (χ1) is 11.6. The molecule has 2 aromatic rings. The summed E-state index contributed by atoms with van der Waals surface area (Å²) >= 11 is 0. The van der Waals surface area contributed by atoms with Crippen molar-refractivity contribution in [1.29, 1.82) is 0 Å². The van der Waals surface area contributed by atoms with E-state index < -0.39 is 0 Å². The molecule has 0 bridgehead atoms. The molecule has 2 aromatic heterocycles. The average Bonchev–Trinajstić information content (AvgIpc) is 3.20. The summed E-state index contributed by atoms with van der Waals surface area (Å²) in [6.45, 7) is 2.96. The number of carbonyl (C=O) groups is 1. The highest BCUT2D eigenvalue weighted by Gasteiger charge is 2.48. The molecule has 2 aliphatic heterocycles. The zero-order valence-corrected chi connectivity index (χ0v) is 14.1. The van der Waals surface area contributed by atoms with E-state index >= 15 is 0 Å². The Morgan fingerprint density at radius 3 is 2.79 bits per heavy atom. The maximum atomic E-state index is 12.5. The zero-order valence-electron chi connectivity index (χ0n) is 14.1. The smallest absolute Gasteiger partial charge is 0.241 e. The molecule has 0 N–H and O–H groups in total. The van der Waals surface area contributed by atoms with Gasteiger partial charge in [-0.05, 0) is 25.6 Å². The molecule has 1 spiro atoms.